The number of hydrazone groups is 1. The number of aromatic hydroxyl groups is 1. The van der Waals surface area contributed by atoms with Crippen molar-refractivity contribution in [3.8, 4) is 5.75 Å². The van der Waals surface area contributed by atoms with Crippen molar-refractivity contribution in [2.75, 3.05) is 29.7 Å². The van der Waals surface area contributed by atoms with Crippen LogP contribution in [0.1, 0.15) is 11.1 Å². The third-order valence-electron chi connectivity index (χ3n) is 3.67. The highest BCUT2D eigenvalue weighted by Gasteiger charge is 2.08. The van der Waals surface area contributed by atoms with Gasteiger partial charge in [-0.15, -0.1) is 0 Å². The Balaban J connectivity index is 1.75. The van der Waals surface area contributed by atoms with Gasteiger partial charge in [-0.3, -0.25) is 0 Å². The molecule has 144 valence electrons. The Hall–Kier alpha value is -3.20. The predicted molar refractivity (Wildman–Crippen MR) is 115 cm³/mol. The SMILES string of the molecule is CN(C)c1nc(NCc2ccccc2)nc(N/N=C\c2cc(Br)ccc2O)n1. The van der Waals surface area contributed by atoms with Gasteiger partial charge in [-0.2, -0.15) is 20.1 Å². The number of rotatable bonds is 7. The van der Waals surface area contributed by atoms with E-state index in [1.165, 1.54) is 6.21 Å². The number of nitrogens with zero attached hydrogens (tertiary/aromatic N) is 5. The molecule has 0 radical (unpaired) electrons. The summed E-state index contributed by atoms with van der Waals surface area (Å²) in [5.41, 5.74) is 4.47. The maximum absolute atomic E-state index is 9.87. The Morgan fingerprint density at radius 1 is 1.07 bits per heavy atom. The average Bonchev–Trinajstić information content (AvgIpc) is 2.69. The number of nitrogens with one attached hydrogen (secondary N) is 2. The molecule has 1 heterocycles. The number of phenolic OH excluding ortho intramolecular Hbond substituents is 1. The van der Waals surface area contributed by atoms with Gasteiger partial charge in [0.1, 0.15) is 5.75 Å². The van der Waals surface area contributed by atoms with E-state index < -0.39 is 0 Å². The molecular weight excluding hydrogens is 422 g/mol. The van der Waals surface area contributed by atoms with Crippen LogP contribution in [0.2, 0.25) is 0 Å². The monoisotopic (exact) mass is 441 g/mol. The molecule has 0 unspecified atom stereocenters. The summed E-state index contributed by atoms with van der Waals surface area (Å²) in [6.45, 7) is 0.590. The number of halogens is 1. The van der Waals surface area contributed by atoms with E-state index in [1.807, 2.05) is 44.4 Å². The Morgan fingerprint density at radius 3 is 2.57 bits per heavy atom. The minimum atomic E-state index is 0.128. The van der Waals surface area contributed by atoms with Crippen LogP contribution in [0.15, 0.2) is 58.1 Å². The normalized spacial score (nSPS) is 10.8. The van der Waals surface area contributed by atoms with E-state index in [2.05, 4.69) is 46.7 Å². The van der Waals surface area contributed by atoms with Crippen LogP contribution >= 0.6 is 15.9 Å². The molecule has 0 saturated heterocycles. The molecule has 1 aromatic heterocycles. The molecule has 28 heavy (non-hydrogen) atoms. The summed E-state index contributed by atoms with van der Waals surface area (Å²) in [5, 5.41) is 17.2. The molecule has 0 spiro atoms. The molecule has 0 aliphatic heterocycles. The Labute approximate surface area is 171 Å². The quantitative estimate of drug-likeness (QED) is 0.381. The van der Waals surface area contributed by atoms with Crippen LogP contribution in [0.3, 0.4) is 0 Å². The maximum Gasteiger partial charge on any atom is 0.250 e. The van der Waals surface area contributed by atoms with Crippen LogP contribution < -0.4 is 15.6 Å². The number of anilines is 3. The molecule has 0 aliphatic carbocycles. The second kappa shape index (κ2) is 9.14. The lowest BCUT2D eigenvalue weighted by Crippen LogP contribution is -2.16. The molecule has 0 aliphatic rings. The fourth-order valence-corrected chi connectivity index (χ4v) is 2.64. The Kier molecular flexibility index (Phi) is 6.38. The molecule has 2 aromatic carbocycles. The molecule has 0 atom stereocenters. The lowest BCUT2D eigenvalue weighted by molar-refractivity contribution is 0.474. The fraction of sp³-hybridized carbons (Fsp3) is 0.158. The summed E-state index contributed by atoms with van der Waals surface area (Å²) in [7, 11) is 3.70. The topological polar surface area (TPSA) is 98.6 Å². The summed E-state index contributed by atoms with van der Waals surface area (Å²) in [4.78, 5) is 14.8. The zero-order valence-electron chi connectivity index (χ0n) is 15.5. The first kappa shape index (κ1) is 19.6. The lowest BCUT2D eigenvalue weighted by Gasteiger charge is -2.13. The highest BCUT2D eigenvalue weighted by molar-refractivity contribution is 9.10. The maximum atomic E-state index is 9.87. The zero-order chi connectivity index (χ0) is 19.9. The second-order valence-corrected chi connectivity index (χ2v) is 7.01. The average molecular weight is 442 g/mol. The second-order valence-electron chi connectivity index (χ2n) is 6.09. The van der Waals surface area contributed by atoms with Gasteiger partial charge in [-0.05, 0) is 23.8 Å². The minimum Gasteiger partial charge on any atom is -0.507 e. The first-order valence-corrected chi connectivity index (χ1v) is 9.29. The van der Waals surface area contributed by atoms with E-state index in [0.29, 0.717) is 30.0 Å². The molecule has 8 nitrogen and oxygen atoms in total. The standard InChI is InChI=1S/C19H20BrN7O/c1-27(2)19-24-17(21-11-13-6-4-3-5-7-13)23-18(25-19)26-22-12-14-10-15(20)8-9-16(14)28/h3-10,12,28H,11H2,1-2H3,(H2,21,23,24,25,26)/b22-12-. The van der Waals surface area contributed by atoms with Crippen molar-refractivity contribution in [1.29, 1.82) is 0 Å². The number of aromatic nitrogens is 3. The smallest absolute Gasteiger partial charge is 0.250 e. The van der Waals surface area contributed by atoms with Crippen LogP contribution in [0.5, 0.6) is 5.75 Å². The van der Waals surface area contributed by atoms with Gasteiger partial charge in [0.15, 0.2) is 0 Å². The number of benzene rings is 2. The van der Waals surface area contributed by atoms with E-state index in [-0.39, 0.29) is 5.75 Å². The van der Waals surface area contributed by atoms with E-state index in [4.69, 9.17) is 0 Å². The molecule has 0 amide bonds. The zero-order valence-corrected chi connectivity index (χ0v) is 17.1. The molecule has 3 N–H and O–H groups in total. The molecule has 0 bridgehead atoms. The summed E-state index contributed by atoms with van der Waals surface area (Å²) in [6, 6.07) is 15.1. The highest BCUT2D eigenvalue weighted by atomic mass is 79.9. The first-order valence-electron chi connectivity index (χ1n) is 8.50. The summed E-state index contributed by atoms with van der Waals surface area (Å²) in [6.07, 6.45) is 1.50. The van der Waals surface area contributed by atoms with E-state index in [1.54, 1.807) is 23.1 Å². The van der Waals surface area contributed by atoms with Crippen molar-refractivity contribution in [3.05, 3.63) is 64.1 Å². The van der Waals surface area contributed by atoms with E-state index in [0.717, 1.165) is 10.0 Å². The molecular formula is C19H20BrN7O. The largest absolute Gasteiger partial charge is 0.507 e. The van der Waals surface area contributed by atoms with Gasteiger partial charge in [0, 0.05) is 30.7 Å². The number of phenols is 1. The van der Waals surface area contributed by atoms with Crippen molar-refractivity contribution in [3.63, 3.8) is 0 Å². The van der Waals surface area contributed by atoms with Gasteiger partial charge < -0.3 is 15.3 Å². The van der Waals surface area contributed by atoms with Crippen molar-refractivity contribution in [1.82, 2.24) is 15.0 Å². The molecule has 0 saturated carbocycles. The summed E-state index contributed by atoms with van der Waals surface area (Å²) in [5.74, 6) is 1.35. The van der Waals surface area contributed by atoms with Gasteiger partial charge >= 0.3 is 0 Å². The Bertz CT molecular complexity index is 964. The molecule has 0 fully saturated rings. The van der Waals surface area contributed by atoms with Crippen molar-refractivity contribution in [2.24, 2.45) is 5.10 Å². The van der Waals surface area contributed by atoms with Crippen LogP contribution in [0.4, 0.5) is 17.8 Å². The first-order chi connectivity index (χ1) is 13.5. The predicted octanol–water partition coefficient (Wildman–Crippen LogP) is 3.46. The van der Waals surface area contributed by atoms with E-state index >= 15 is 0 Å². The van der Waals surface area contributed by atoms with Gasteiger partial charge in [0.05, 0.1) is 6.21 Å². The molecule has 9 heteroatoms. The third kappa shape index (κ3) is 5.40. The van der Waals surface area contributed by atoms with E-state index in [9.17, 15) is 5.11 Å². The number of hydrogen-bond acceptors (Lipinski definition) is 8. The van der Waals surface area contributed by atoms with Crippen LogP contribution in [0.25, 0.3) is 0 Å². The minimum absolute atomic E-state index is 0.128. The van der Waals surface area contributed by atoms with Gasteiger partial charge in [0.2, 0.25) is 17.8 Å². The Morgan fingerprint density at radius 2 is 1.82 bits per heavy atom. The van der Waals surface area contributed by atoms with Gasteiger partial charge in [0.25, 0.3) is 0 Å². The van der Waals surface area contributed by atoms with Crippen LogP contribution in [-0.2, 0) is 6.54 Å². The number of hydrogen-bond donors (Lipinski definition) is 3. The molecule has 3 rings (SSSR count). The fourth-order valence-electron chi connectivity index (χ4n) is 2.26. The van der Waals surface area contributed by atoms with Gasteiger partial charge in [-0.1, -0.05) is 46.3 Å². The summed E-state index contributed by atoms with van der Waals surface area (Å²) < 4.78 is 0.842. The highest BCUT2D eigenvalue weighted by Crippen LogP contribution is 2.20. The van der Waals surface area contributed by atoms with Crippen molar-refractivity contribution >= 4 is 40.0 Å². The third-order valence-corrected chi connectivity index (χ3v) is 4.17. The summed E-state index contributed by atoms with van der Waals surface area (Å²) >= 11 is 3.36. The van der Waals surface area contributed by atoms with Gasteiger partial charge in [-0.25, -0.2) is 5.43 Å². The molecule has 3 aromatic rings. The van der Waals surface area contributed by atoms with Crippen molar-refractivity contribution in [2.45, 2.75) is 6.54 Å². The van der Waals surface area contributed by atoms with Crippen LogP contribution in [0, 0.1) is 0 Å². The lowest BCUT2D eigenvalue weighted by atomic mass is 10.2. The van der Waals surface area contributed by atoms with Crippen molar-refractivity contribution < 1.29 is 5.11 Å². The van der Waals surface area contributed by atoms with Crippen LogP contribution in [-0.4, -0.2) is 40.4 Å².